The zero-order valence-electron chi connectivity index (χ0n) is 8.83. The highest BCUT2D eigenvalue weighted by atomic mass is 79.9. The molecule has 15 heavy (non-hydrogen) atoms. The summed E-state index contributed by atoms with van der Waals surface area (Å²) < 4.78 is 1.11. The molecule has 2 unspecified atom stereocenters. The predicted molar refractivity (Wildman–Crippen MR) is 67.2 cm³/mol. The second kappa shape index (κ2) is 4.79. The zero-order valence-corrected chi connectivity index (χ0v) is 11.2. The van der Waals surface area contributed by atoms with Crippen LogP contribution in [-0.2, 0) is 11.2 Å². The molecule has 0 saturated heterocycles. The van der Waals surface area contributed by atoms with Gasteiger partial charge in [0.2, 0.25) is 0 Å². The average molecular weight is 287 g/mol. The number of carbonyl (C=O) groups excluding carboxylic acids is 1. The Labute approximate surface area is 103 Å². The normalized spacial score (nSPS) is 25.7. The van der Waals surface area contributed by atoms with Gasteiger partial charge in [-0.1, -0.05) is 6.92 Å². The van der Waals surface area contributed by atoms with Gasteiger partial charge in [0.05, 0.1) is 3.79 Å². The first kappa shape index (κ1) is 11.3. The predicted octanol–water partition coefficient (Wildman–Crippen LogP) is 4.06. The lowest BCUT2D eigenvalue weighted by molar-refractivity contribution is -0.122. The quantitative estimate of drug-likeness (QED) is 0.819. The van der Waals surface area contributed by atoms with Crippen LogP contribution < -0.4 is 0 Å². The molecule has 2 rings (SSSR count). The van der Waals surface area contributed by atoms with Crippen LogP contribution in [0.25, 0.3) is 0 Å². The fourth-order valence-corrected chi connectivity index (χ4v) is 3.52. The highest BCUT2D eigenvalue weighted by Crippen LogP contribution is 2.33. The number of hydrogen-bond acceptors (Lipinski definition) is 2. The third kappa shape index (κ3) is 2.70. The van der Waals surface area contributed by atoms with Crippen molar-refractivity contribution in [2.24, 2.45) is 11.8 Å². The van der Waals surface area contributed by atoms with Crippen LogP contribution in [-0.4, -0.2) is 5.78 Å². The first-order chi connectivity index (χ1) is 7.16. The smallest absolute Gasteiger partial charge is 0.140 e. The SMILES string of the molecule is CC1CCC(C(=O)Cc2ccsc2Br)C1. The minimum Gasteiger partial charge on any atom is -0.299 e. The number of hydrogen-bond donors (Lipinski definition) is 0. The zero-order chi connectivity index (χ0) is 10.8. The van der Waals surface area contributed by atoms with Crippen LogP contribution in [0.15, 0.2) is 15.2 Å². The van der Waals surface area contributed by atoms with Gasteiger partial charge in [0.25, 0.3) is 0 Å². The molecule has 0 bridgehead atoms. The Morgan fingerprint density at radius 2 is 2.40 bits per heavy atom. The van der Waals surface area contributed by atoms with E-state index in [1.54, 1.807) is 11.3 Å². The van der Waals surface area contributed by atoms with E-state index < -0.39 is 0 Å². The maximum atomic E-state index is 12.0. The Morgan fingerprint density at radius 1 is 1.60 bits per heavy atom. The van der Waals surface area contributed by atoms with Gasteiger partial charge in [-0.25, -0.2) is 0 Å². The van der Waals surface area contributed by atoms with Gasteiger partial charge in [0.1, 0.15) is 5.78 Å². The summed E-state index contributed by atoms with van der Waals surface area (Å²) in [7, 11) is 0. The molecule has 0 aliphatic heterocycles. The maximum Gasteiger partial charge on any atom is 0.140 e. The van der Waals surface area contributed by atoms with Gasteiger partial charge in [-0.3, -0.25) is 4.79 Å². The van der Waals surface area contributed by atoms with Crippen molar-refractivity contribution in [1.29, 1.82) is 0 Å². The van der Waals surface area contributed by atoms with Gasteiger partial charge in [-0.05, 0) is 58.1 Å². The summed E-state index contributed by atoms with van der Waals surface area (Å²) >= 11 is 5.14. The Hall–Kier alpha value is -0.150. The third-order valence-electron chi connectivity index (χ3n) is 3.21. The maximum absolute atomic E-state index is 12.0. The molecule has 1 aliphatic carbocycles. The monoisotopic (exact) mass is 286 g/mol. The van der Waals surface area contributed by atoms with E-state index in [-0.39, 0.29) is 0 Å². The topological polar surface area (TPSA) is 17.1 Å². The van der Waals surface area contributed by atoms with E-state index in [4.69, 9.17) is 0 Å². The van der Waals surface area contributed by atoms with Crippen molar-refractivity contribution in [1.82, 2.24) is 0 Å². The van der Waals surface area contributed by atoms with E-state index >= 15 is 0 Å². The molecule has 0 radical (unpaired) electrons. The van der Waals surface area contributed by atoms with Crippen molar-refractivity contribution < 1.29 is 4.79 Å². The Balaban J connectivity index is 1.95. The highest BCUT2D eigenvalue weighted by molar-refractivity contribution is 9.11. The molecule has 1 fully saturated rings. The van der Waals surface area contributed by atoms with Crippen molar-refractivity contribution in [3.63, 3.8) is 0 Å². The fraction of sp³-hybridized carbons (Fsp3) is 0.583. The van der Waals surface area contributed by atoms with Crippen molar-refractivity contribution in [2.75, 3.05) is 0 Å². The lowest BCUT2D eigenvalue weighted by Crippen LogP contribution is -2.13. The third-order valence-corrected chi connectivity index (χ3v) is 5.02. The van der Waals surface area contributed by atoms with Crippen LogP contribution in [0.3, 0.4) is 0 Å². The Morgan fingerprint density at radius 3 is 2.93 bits per heavy atom. The molecule has 0 aromatic carbocycles. The van der Waals surface area contributed by atoms with Crippen molar-refractivity contribution >= 4 is 33.0 Å². The number of rotatable bonds is 3. The van der Waals surface area contributed by atoms with Crippen molar-refractivity contribution in [3.8, 4) is 0 Å². The minimum absolute atomic E-state index is 0.326. The van der Waals surface area contributed by atoms with Crippen LogP contribution in [0.4, 0.5) is 0 Å². The van der Waals surface area contributed by atoms with Gasteiger partial charge in [-0.2, -0.15) is 0 Å². The number of ketones is 1. The van der Waals surface area contributed by atoms with E-state index in [1.165, 1.54) is 6.42 Å². The molecule has 0 spiro atoms. The standard InChI is InChI=1S/C12H15BrOS/c1-8-2-3-9(6-8)11(14)7-10-4-5-15-12(10)13/h4-5,8-9H,2-3,6-7H2,1H3. The largest absolute Gasteiger partial charge is 0.299 e. The van der Waals surface area contributed by atoms with Gasteiger partial charge >= 0.3 is 0 Å². The molecule has 1 saturated carbocycles. The number of Topliss-reactive ketones (excluding diaryl/α,β-unsaturated/α-hetero) is 1. The van der Waals surface area contributed by atoms with Gasteiger partial charge < -0.3 is 0 Å². The molecule has 2 atom stereocenters. The molecule has 1 aromatic heterocycles. The molecule has 3 heteroatoms. The van der Waals surface area contributed by atoms with Crippen molar-refractivity contribution in [3.05, 3.63) is 20.8 Å². The summed E-state index contributed by atoms with van der Waals surface area (Å²) in [6, 6.07) is 2.05. The van der Waals surface area contributed by atoms with Crippen LogP contribution in [0.1, 0.15) is 31.7 Å². The fourth-order valence-electron chi connectivity index (χ4n) is 2.28. The highest BCUT2D eigenvalue weighted by Gasteiger charge is 2.27. The molecular weight excluding hydrogens is 272 g/mol. The molecule has 1 nitrogen and oxygen atoms in total. The Kier molecular flexibility index (Phi) is 3.62. The van der Waals surface area contributed by atoms with E-state index in [0.717, 1.165) is 28.1 Å². The summed E-state index contributed by atoms with van der Waals surface area (Å²) in [5.74, 6) is 1.50. The molecule has 1 aromatic rings. The summed E-state index contributed by atoms with van der Waals surface area (Å²) in [6.45, 7) is 2.24. The lowest BCUT2D eigenvalue weighted by Gasteiger charge is -2.07. The van der Waals surface area contributed by atoms with Gasteiger partial charge in [-0.15, -0.1) is 11.3 Å². The van der Waals surface area contributed by atoms with Crippen LogP contribution >= 0.6 is 27.3 Å². The van der Waals surface area contributed by atoms with Gasteiger partial charge in [0.15, 0.2) is 0 Å². The summed E-state index contributed by atoms with van der Waals surface area (Å²) in [5, 5.41) is 2.03. The van der Waals surface area contributed by atoms with Crippen LogP contribution in [0, 0.1) is 11.8 Å². The summed E-state index contributed by atoms with van der Waals surface area (Å²) in [4.78, 5) is 12.0. The second-order valence-electron chi connectivity index (χ2n) is 4.48. The van der Waals surface area contributed by atoms with Crippen LogP contribution in [0.2, 0.25) is 0 Å². The summed E-state index contributed by atoms with van der Waals surface area (Å²) in [5.41, 5.74) is 1.16. The molecule has 0 N–H and O–H groups in total. The number of halogens is 1. The molecule has 82 valence electrons. The van der Waals surface area contributed by atoms with E-state index in [0.29, 0.717) is 18.1 Å². The average Bonchev–Trinajstić information content (AvgIpc) is 2.77. The molecule has 1 heterocycles. The second-order valence-corrected chi connectivity index (χ2v) is 6.71. The molecule has 0 amide bonds. The number of carbonyl (C=O) groups is 1. The Bertz CT molecular complexity index is 358. The lowest BCUT2D eigenvalue weighted by atomic mass is 9.97. The first-order valence-electron chi connectivity index (χ1n) is 5.41. The van der Waals surface area contributed by atoms with E-state index in [1.807, 2.05) is 11.4 Å². The van der Waals surface area contributed by atoms with Crippen LogP contribution in [0.5, 0.6) is 0 Å². The number of thiophene rings is 1. The van der Waals surface area contributed by atoms with E-state index in [2.05, 4.69) is 22.9 Å². The van der Waals surface area contributed by atoms with Gasteiger partial charge in [0, 0.05) is 12.3 Å². The summed E-state index contributed by atoms with van der Waals surface area (Å²) in [6.07, 6.45) is 4.03. The molecular formula is C12H15BrOS. The minimum atomic E-state index is 0.326. The van der Waals surface area contributed by atoms with E-state index in [9.17, 15) is 4.79 Å². The van der Waals surface area contributed by atoms with Crippen molar-refractivity contribution in [2.45, 2.75) is 32.6 Å². The molecule has 1 aliphatic rings. The first-order valence-corrected chi connectivity index (χ1v) is 7.08.